The van der Waals surface area contributed by atoms with Crippen LogP contribution >= 0.6 is 11.6 Å². The second-order valence-electron chi connectivity index (χ2n) is 4.10. The molecule has 0 amide bonds. The molecule has 1 atom stereocenters. The van der Waals surface area contributed by atoms with Gasteiger partial charge in [0.1, 0.15) is 17.3 Å². The molecular formula is C14H15ClFNO. The molecule has 4 heteroatoms. The molecule has 2 aromatic rings. The quantitative estimate of drug-likeness (QED) is 0.903. The smallest absolute Gasteiger partial charge is 0.128 e. The lowest BCUT2D eigenvalue weighted by Crippen LogP contribution is -2.22. The van der Waals surface area contributed by atoms with Gasteiger partial charge in [-0.1, -0.05) is 18.5 Å². The van der Waals surface area contributed by atoms with E-state index in [2.05, 4.69) is 5.32 Å². The Morgan fingerprint density at radius 3 is 2.72 bits per heavy atom. The Bertz CT molecular complexity index is 538. The highest BCUT2D eigenvalue weighted by atomic mass is 35.5. The van der Waals surface area contributed by atoms with E-state index in [9.17, 15) is 4.39 Å². The van der Waals surface area contributed by atoms with Crippen LogP contribution in [0.4, 0.5) is 4.39 Å². The monoisotopic (exact) mass is 267 g/mol. The van der Waals surface area contributed by atoms with E-state index in [1.54, 1.807) is 6.07 Å². The summed E-state index contributed by atoms with van der Waals surface area (Å²) in [4.78, 5) is 0. The minimum Gasteiger partial charge on any atom is -0.464 e. The normalized spacial score (nSPS) is 12.7. The third-order valence-electron chi connectivity index (χ3n) is 2.72. The highest BCUT2D eigenvalue weighted by Gasteiger charge is 2.20. The average molecular weight is 268 g/mol. The number of hydrogen-bond acceptors (Lipinski definition) is 2. The van der Waals surface area contributed by atoms with E-state index in [-0.39, 0.29) is 11.9 Å². The van der Waals surface area contributed by atoms with Gasteiger partial charge in [-0.3, -0.25) is 0 Å². The lowest BCUT2D eigenvalue weighted by molar-refractivity contribution is 0.426. The standard InChI is InChI=1S/C14H15ClFNO/c1-3-17-14(13-7-4-9(2)18-13)11-8-10(15)5-6-12(11)16/h4-8,14,17H,3H2,1-2H3. The zero-order valence-electron chi connectivity index (χ0n) is 10.3. The van der Waals surface area contributed by atoms with Crippen LogP contribution in [0, 0.1) is 12.7 Å². The van der Waals surface area contributed by atoms with E-state index < -0.39 is 0 Å². The molecule has 2 rings (SSSR count). The summed E-state index contributed by atoms with van der Waals surface area (Å²) >= 11 is 5.93. The average Bonchev–Trinajstić information content (AvgIpc) is 2.76. The van der Waals surface area contributed by atoms with Crippen molar-refractivity contribution in [1.82, 2.24) is 5.32 Å². The molecule has 1 aromatic heterocycles. The molecule has 1 heterocycles. The van der Waals surface area contributed by atoms with Gasteiger partial charge >= 0.3 is 0 Å². The molecule has 1 aromatic carbocycles. The molecule has 0 saturated carbocycles. The van der Waals surface area contributed by atoms with Crippen molar-refractivity contribution >= 4 is 11.6 Å². The van der Waals surface area contributed by atoms with E-state index in [1.807, 2.05) is 26.0 Å². The Morgan fingerprint density at radius 1 is 1.33 bits per heavy atom. The molecule has 18 heavy (non-hydrogen) atoms. The first-order valence-electron chi connectivity index (χ1n) is 5.86. The number of furan rings is 1. The first kappa shape index (κ1) is 13.1. The van der Waals surface area contributed by atoms with Crippen molar-refractivity contribution < 1.29 is 8.81 Å². The maximum absolute atomic E-state index is 13.9. The Kier molecular flexibility index (Phi) is 4.04. The number of hydrogen-bond donors (Lipinski definition) is 1. The SMILES string of the molecule is CCNC(c1ccc(C)o1)c1cc(Cl)ccc1F. The Balaban J connectivity index is 2.44. The van der Waals surface area contributed by atoms with Crippen molar-refractivity contribution in [3.8, 4) is 0 Å². The fourth-order valence-electron chi connectivity index (χ4n) is 1.91. The lowest BCUT2D eigenvalue weighted by atomic mass is 10.0. The molecule has 2 nitrogen and oxygen atoms in total. The molecule has 0 aliphatic carbocycles. The third kappa shape index (κ3) is 2.74. The van der Waals surface area contributed by atoms with Crippen molar-refractivity contribution in [2.24, 2.45) is 0 Å². The molecule has 1 unspecified atom stereocenters. The van der Waals surface area contributed by atoms with Crippen molar-refractivity contribution in [3.63, 3.8) is 0 Å². The molecule has 0 saturated heterocycles. The van der Waals surface area contributed by atoms with Gasteiger partial charge in [0.2, 0.25) is 0 Å². The maximum atomic E-state index is 13.9. The minimum absolute atomic E-state index is 0.292. The first-order chi connectivity index (χ1) is 8.61. The predicted octanol–water partition coefficient (Wildman–Crippen LogP) is 4.08. The Hall–Kier alpha value is -1.32. The zero-order chi connectivity index (χ0) is 13.1. The van der Waals surface area contributed by atoms with E-state index >= 15 is 0 Å². The number of aryl methyl sites for hydroxylation is 1. The fourth-order valence-corrected chi connectivity index (χ4v) is 2.09. The summed E-state index contributed by atoms with van der Waals surface area (Å²) in [5.74, 6) is 1.20. The van der Waals surface area contributed by atoms with Crippen LogP contribution in [-0.4, -0.2) is 6.54 Å². The topological polar surface area (TPSA) is 25.2 Å². The largest absolute Gasteiger partial charge is 0.464 e. The van der Waals surface area contributed by atoms with E-state index in [4.69, 9.17) is 16.0 Å². The fraction of sp³-hybridized carbons (Fsp3) is 0.286. The van der Waals surface area contributed by atoms with Crippen LogP contribution in [0.3, 0.4) is 0 Å². The van der Waals surface area contributed by atoms with Gasteiger partial charge in [0.25, 0.3) is 0 Å². The molecule has 0 aliphatic heterocycles. The Morgan fingerprint density at radius 2 is 2.11 bits per heavy atom. The maximum Gasteiger partial charge on any atom is 0.128 e. The van der Waals surface area contributed by atoms with Crippen molar-refractivity contribution in [3.05, 3.63) is 58.3 Å². The van der Waals surface area contributed by atoms with Crippen molar-refractivity contribution in [2.75, 3.05) is 6.54 Å². The predicted molar refractivity (Wildman–Crippen MR) is 70.4 cm³/mol. The van der Waals surface area contributed by atoms with Crippen LogP contribution < -0.4 is 5.32 Å². The number of halogens is 2. The van der Waals surface area contributed by atoms with Gasteiger partial charge < -0.3 is 9.73 Å². The van der Waals surface area contributed by atoms with Gasteiger partial charge in [-0.15, -0.1) is 0 Å². The van der Waals surface area contributed by atoms with Crippen LogP contribution in [0.5, 0.6) is 0 Å². The Labute approximate surface area is 111 Å². The second kappa shape index (κ2) is 5.55. The molecular weight excluding hydrogens is 253 g/mol. The summed E-state index contributed by atoms with van der Waals surface area (Å²) < 4.78 is 19.5. The lowest BCUT2D eigenvalue weighted by Gasteiger charge is -2.17. The van der Waals surface area contributed by atoms with E-state index in [0.717, 1.165) is 5.76 Å². The second-order valence-corrected chi connectivity index (χ2v) is 4.54. The van der Waals surface area contributed by atoms with Crippen LogP contribution in [0.15, 0.2) is 34.7 Å². The summed E-state index contributed by atoms with van der Waals surface area (Å²) in [6.45, 7) is 4.53. The summed E-state index contributed by atoms with van der Waals surface area (Å²) in [7, 11) is 0. The third-order valence-corrected chi connectivity index (χ3v) is 2.96. The van der Waals surface area contributed by atoms with Crippen LogP contribution in [-0.2, 0) is 0 Å². The van der Waals surface area contributed by atoms with Crippen LogP contribution in [0.25, 0.3) is 0 Å². The molecule has 96 valence electrons. The van der Waals surface area contributed by atoms with E-state index in [1.165, 1.54) is 12.1 Å². The summed E-state index contributed by atoms with van der Waals surface area (Å²) in [5.41, 5.74) is 0.499. The van der Waals surface area contributed by atoms with Gasteiger partial charge in [0.15, 0.2) is 0 Å². The highest BCUT2D eigenvalue weighted by molar-refractivity contribution is 6.30. The van der Waals surface area contributed by atoms with Gasteiger partial charge in [-0.25, -0.2) is 4.39 Å². The number of nitrogens with one attached hydrogen (secondary N) is 1. The molecule has 0 fully saturated rings. The zero-order valence-corrected chi connectivity index (χ0v) is 11.1. The summed E-state index contributed by atoms with van der Waals surface area (Å²) in [6.07, 6.45) is 0. The molecule has 0 aliphatic rings. The molecule has 0 bridgehead atoms. The minimum atomic E-state index is -0.317. The van der Waals surface area contributed by atoms with Crippen LogP contribution in [0.1, 0.15) is 30.0 Å². The molecule has 0 radical (unpaired) electrons. The highest BCUT2D eigenvalue weighted by Crippen LogP contribution is 2.28. The van der Waals surface area contributed by atoms with Gasteiger partial charge in [-0.2, -0.15) is 0 Å². The van der Waals surface area contributed by atoms with Crippen LogP contribution in [0.2, 0.25) is 5.02 Å². The number of rotatable bonds is 4. The summed E-state index contributed by atoms with van der Waals surface area (Å²) in [6, 6.07) is 7.93. The van der Waals surface area contributed by atoms with Crippen molar-refractivity contribution in [1.29, 1.82) is 0 Å². The first-order valence-corrected chi connectivity index (χ1v) is 6.24. The molecule has 1 N–H and O–H groups in total. The number of benzene rings is 1. The van der Waals surface area contributed by atoms with Gasteiger partial charge in [-0.05, 0) is 43.8 Å². The van der Waals surface area contributed by atoms with E-state index in [0.29, 0.717) is 22.9 Å². The molecule has 0 spiro atoms. The van der Waals surface area contributed by atoms with Gasteiger partial charge in [0, 0.05) is 10.6 Å². The van der Waals surface area contributed by atoms with Crippen molar-refractivity contribution in [2.45, 2.75) is 19.9 Å². The summed E-state index contributed by atoms with van der Waals surface area (Å²) in [5, 5.41) is 3.72. The van der Waals surface area contributed by atoms with Gasteiger partial charge in [0.05, 0.1) is 6.04 Å².